The first-order valence-corrected chi connectivity index (χ1v) is 10.6. The van der Waals surface area contributed by atoms with Crippen molar-refractivity contribution in [2.24, 2.45) is 0 Å². The molecule has 6 rings (SSSR count). The van der Waals surface area contributed by atoms with E-state index in [1.807, 2.05) is 70.0 Å². The maximum Gasteiger partial charge on any atom is 0.158 e. The van der Waals surface area contributed by atoms with Gasteiger partial charge in [-0.2, -0.15) is 14.7 Å². The number of benzene rings is 1. The van der Waals surface area contributed by atoms with Gasteiger partial charge in [-0.1, -0.05) is 18.2 Å². The molecule has 0 atom stereocenters. The summed E-state index contributed by atoms with van der Waals surface area (Å²) < 4.78 is 9.35. The maximum absolute atomic E-state index is 5.57. The van der Waals surface area contributed by atoms with Gasteiger partial charge >= 0.3 is 0 Å². The Morgan fingerprint density at radius 1 is 0.794 bits per heavy atom. The number of pyridine rings is 1. The summed E-state index contributed by atoms with van der Waals surface area (Å²) in [6, 6.07) is 20.1. The van der Waals surface area contributed by atoms with Crippen molar-refractivity contribution < 1.29 is 37.4 Å². The number of fused-ring (bicyclic) bond motifs is 1. The number of hydrogen-bond donors (Lipinski definition) is 0. The number of rotatable bonds is 4. The summed E-state index contributed by atoms with van der Waals surface area (Å²) in [6.07, 6.45) is 5.51. The van der Waals surface area contributed by atoms with Crippen LogP contribution in [0.15, 0.2) is 79.3 Å². The van der Waals surface area contributed by atoms with Gasteiger partial charge in [0.1, 0.15) is 11.5 Å². The second-order valence-electron chi connectivity index (χ2n) is 7.62. The Morgan fingerprint density at radius 3 is 2.32 bits per heavy atom. The fourth-order valence-corrected chi connectivity index (χ4v) is 3.96. The Kier molecular flexibility index (Phi) is 7.51. The normalized spacial score (nSPS) is 13.4. The van der Waals surface area contributed by atoms with E-state index in [1.54, 1.807) is 12.4 Å². The average Bonchev–Trinajstić information content (AvgIpc) is 3.53. The first-order valence-electron chi connectivity index (χ1n) is 10.6. The third-order valence-electron chi connectivity index (χ3n) is 5.59. The van der Waals surface area contributed by atoms with Gasteiger partial charge in [-0.15, -0.1) is 0 Å². The molecule has 8 nitrogen and oxygen atoms in total. The Balaban J connectivity index is 0.00000137. The minimum Gasteiger partial charge on any atom is -0.378 e. The van der Waals surface area contributed by atoms with Crippen LogP contribution in [0.4, 0.5) is 5.82 Å². The zero-order chi connectivity index (χ0) is 21.3. The average molecular weight is 527 g/mol. The molecule has 9 heteroatoms. The molecule has 0 bridgehead atoms. The van der Waals surface area contributed by atoms with Crippen molar-refractivity contribution >= 4 is 11.5 Å². The monoisotopic (exact) mass is 527 g/mol. The van der Waals surface area contributed by atoms with Gasteiger partial charge in [0.25, 0.3) is 0 Å². The largest absolute Gasteiger partial charge is 0.378 e. The molecular formula is C25H24N7OY-. The summed E-state index contributed by atoms with van der Waals surface area (Å²) in [4.78, 5) is 11.3. The van der Waals surface area contributed by atoms with E-state index < -0.39 is 0 Å². The van der Waals surface area contributed by atoms with Crippen LogP contribution < -0.4 is 4.90 Å². The van der Waals surface area contributed by atoms with Gasteiger partial charge in [-0.25, -0.2) is 9.67 Å². The van der Waals surface area contributed by atoms with Crippen LogP contribution in [0, 0.1) is 7.43 Å². The van der Waals surface area contributed by atoms with Crippen LogP contribution >= 0.6 is 0 Å². The third kappa shape index (κ3) is 4.66. The SMILES string of the molecule is [CH3-].[Y].c1ccc(-n2ccc(-c3cc(N4CCOCC4)n4nc(-c5ccncc5)cc4n3)n2)cc1. The quantitative estimate of drug-likeness (QED) is 0.330. The van der Waals surface area contributed by atoms with Gasteiger partial charge in [-0.3, -0.25) is 4.98 Å². The molecule has 0 aliphatic carbocycles. The van der Waals surface area contributed by atoms with Crippen LogP contribution in [0.1, 0.15) is 0 Å². The Bertz CT molecular complexity index is 1360. The van der Waals surface area contributed by atoms with Crippen LogP contribution in [0.25, 0.3) is 34.0 Å². The van der Waals surface area contributed by atoms with E-state index in [9.17, 15) is 0 Å². The molecule has 1 saturated heterocycles. The Morgan fingerprint density at radius 2 is 1.56 bits per heavy atom. The second-order valence-corrected chi connectivity index (χ2v) is 7.62. The van der Waals surface area contributed by atoms with Crippen molar-refractivity contribution in [3.63, 3.8) is 0 Å². The molecule has 1 aliphatic heterocycles. The number of ether oxygens (including phenoxy) is 1. The number of para-hydroxylation sites is 1. The number of aromatic nitrogens is 6. The molecule has 1 aliphatic rings. The van der Waals surface area contributed by atoms with Crippen LogP contribution in [-0.4, -0.2) is 55.7 Å². The van der Waals surface area contributed by atoms with E-state index in [-0.39, 0.29) is 40.1 Å². The topological polar surface area (TPSA) is 73.4 Å². The van der Waals surface area contributed by atoms with E-state index >= 15 is 0 Å². The van der Waals surface area contributed by atoms with Crippen molar-refractivity contribution in [1.29, 1.82) is 0 Å². The summed E-state index contributed by atoms with van der Waals surface area (Å²) in [6.45, 7) is 3.00. The van der Waals surface area contributed by atoms with Crippen LogP contribution in [0.2, 0.25) is 0 Å². The Labute approximate surface area is 223 Å². The predicted octanol–water partition coefficient (Wildman–Crippen LogP) is 3.93. The van der Waals surface area contributed by atoms with Gasteiger partial charge in [0.2, 0.25) is 0 Å². The maximum atomic E-state index is 5.57. The molecule has 1 radical (unpaired) electrons. The van der Waals surface area contributed by atoms with Crippen LogP contribution in [-0.2, 0) is 37.4 Å². The molecule has 5 aromatic rings. The summed E-state index contributed by atoms with van der Waals surface area (Å²) in [7, 11) is 0. The smallest absolute Gasteiger partial charge is 0.158 e. The van der Waals surface area contributed by atoms with Crippen molar-refractivity contribution in [3.8, 4) is 28.3 Å². The van der Waals surface area contributed by atoms with Gasteiger partial charge < -0.3 is 17.1 Å². The van der Waals surface area contributed by atoms with Gasteiger partial charge in [0.05, 0.1) is 30.3 Å². The van der Waals surface area contributed by atoms with Crippen LogP contribution in [0.3, 0.4) is 0 Å². The van der Waals surface area contributed by atoms with E-state index in [2.05, 4.69) is 16.0 Å². The van der Waals surface area contributed by atoms with E-state index in [1.165, 1.54) is 0 Å². The molecule has 5 heterocycles. The summed E-state index contributed by atoms with van der Waals surface area (Å²) in [5.41, 5.74) is 5.30. The van der Waals surface area contributed by atoms with Gasteiger partial charge in [0.15, 0.2) is 5.65 Å². The first-order chi connectivity index (χ1) is 15.8. The molecule has 0 spiro atoms. The second kappa shape index (κ2) is 10.5. The summed E-state index contributed by atoms with van der Waals surface area (Å²) in [5, 5.41) is 9.65. The molecular weight excluding hydrogens is 503 g/mol. The zero-order valence-corrected chi connectivity index (χ0v) is 21.8. The molecule has 34 heavy (non-hydrogen) atoms. The molecule has 1 aromatic carbocycles. The minimum absolute atomic E-state index is 0. The molecule has 0 amide bonds. The van der Waals surface area contributed by atoms with Gasteiger partial charge in [-0.05, 0) is 30.3 Å². The van der Waals surface area contributed by atoms with Crippen molar-refractivity contribution in [1.82, 2.24) is 29.4 Å². The first kappa shape index (κ1) is 24.2. The van der Waals surface area contributed by atoms with Crippen molar-refractivity contribution in [2.45, 2.75) is 0 Å². The Hall–Kier alpha value is -2.94. The minimum atomic E-state index is 0. The fourth-order valence-electron chi connectivity index (χ4n) is 3.96. The molecule has 0 unspecified atom stereocenters. The molecule has 0 saturated carbocycles. The summed E-state index contributed by atoms with van der Waals surface area (Å²) in [5.74, 6) is 0.989. The van der Waals surface area contributed by atoms with E-state index in [0.29, 0.717) is 13.2 Å². The molecule has 169 valence electrons. The standard InChI is InChI=1S/C24H21N7O.CH3.Y/c1-2-4-19(5-3-1)30-11-8-20(27-30)22-17-24(29-12-14-32-15-13-29)31-23(26-22)16-21(28-31)18-6-9-25-10-7-18;;/h1-11,16-17H,12-15H2;1H3;/q;-1;. The predicted molar refractivity (Wildman–Crippen MR) is 128 cm³/mol. The van der Waals surface area contributed by atoms with Gasteiger partial charge in [0, 0.05) is 82.1 Å². The van der Waals surface area contributed by atoms with E-state index in [0.717, 1.165) is 52.9 Å². The number of hydrogen-bond acceptors (Lipinski definition) is 6. The summed E-state index contributed by atoms with van der Waals surface area (Å²) >= 11 is 0. The molecule has 1 fully saturated rings. The van der Waals surface area contributed by atoms with Crippen molar-refractivity contribution in [3.05, 3.63) is 86.7 Å². The zero-order valence-electron chi connectivity index (χ0n) is 19.0. The van der Waals surface area contributed by atoms with E-state index in [4.69, 9.17) is 19.9 Å². The number of nitrogens with zero attached hydrogens (tertiary/aromatic N) is 7. The van der Waals surface area contributed by atoms with Crippen molar-refractivity contribution in [2.75, 3.05) is 31.2 Å². The molecule has 0 N–H and O–H groups in total. The number of morpholine rings is 1. The third-order valence-corrected chi connectivity index (χ3v) is 5.59. The fraction of sp³-hybridized carbons (Fsp3) is 0.160. The molecule has 4 aromatic heterocycles. The van der Waals surface area contributed by atoms with Crippen LogP contribution in [0.5, 0.6) is 0 Å². The number of anilines is 1.